The first-order chi connectivity index (χ1) is 17.9. The Bertz CT molecular complexity index is 1320. The van der Waals surface area contributed by atoms with Crippen molar-refractivity contribution >= 4 is 23.5 Å². The summed E-state index contributed by atoms with van der Waals surface area (Å²) in [5.41, 5.74) is 2.61. The van der Waals surface area contributed by atoms with Gasteiger partial charge in [0.2, 0.25) is 0 Å². The Kier molecular flexibility index (Phi) is 7.88. The molecule has 0 bridgehead atoms. The summed E-state index contributed by atoms with van der Waals surface area (Å²) in [5.74, 6) is -0.0536. The number of hydrogen-bond donors (Lipinski definition) is 2. The van der Waals surface area contributed by atoms with Gasteiger partial charge >= 0.3 is 12.0 Å². The lowest BCUT2D eigenvalue weighted by molar-refractivity contribution is -0.150. The average molecular weight is 501 g/mol. The van der Waals surface area contributed by atoms with Crippen LogP contribution >= 0.6 is 0 Å². The zero-order valence-corrected chi connectivity index (χ0v) is 20.8. The van der Waals surface area contributed by atoms with E-state index in [1.807, 2.05) is 36.4 Å². The van der Waals surface area contributed by atoms with E-state index in [1.165, 1.54) is 7.11 Å². The monoisotopic (exact) mass is 500 g/mol. The Morgan fingerprint density at radius 2 is 1.62 bits per heavy atom. The number of nitrogens with one attached hydrogen (secondary N) is 2. The molecule has 0 aliphatic carbocycles. The lowest BCUT2D eigenvalue weighted by Crippen LogP contribution is -2.45. The number of Topliss-reactive ketones (excluding diaryl/α,β-unsaturated/α-hetero) is 1. The summed E-state index contributed by atoms with van der Waals surface area (Å²) >= 11 is 0. The number of rotatable bonds is 9. The number of ketones is 1. The Morgan fingerprint density at radius 1 is 0.946 bits per heavy atom. The number of urea groups is 1. The van der Waals surface area contributed by atoms with Gasteiger partial charge in [-0.25, -0.2) is 9.59 Å². The Balaban J connectivity index is 1.80. The SMILES string of the molecule is CCOC(=O)[C@@H](C)Oc1ccc([C@@H]2NC(=O)NC(c3ccccc3)=C2C(=O)c2ccccc2)cc1OC. The van der Waals surface area contributed by atoms with E-state index in [-0.39, 0.29) is 12.4 Å². The van der Waals surface area contributed by atoms with Gasteiger partial charge in [-0.2, -0.15) is 0 Å². The molecule has 0 unspecified atom stereocenters. The predicted octanol–water partition coefficient (Wildman–Crippen LogP) is 4.67. The van der Waals surface area contributed by atoms with Gasteiger partial charge in [0.15, 0.2) is 23.4 Å². The van der Waals surface area contributed by atoms with Crippen LogP contribution in [0.25, 0.3) is 5.70 Å². The predicted molar refractivity (Wildman–Crippen MR) is 138 cm³/mol. The van der Waals surface area contributed by atoms with Gasteiger partial charge in [-0.05, 0) is 37.1 Å². The van der Waals surface area contributed by atoms with Gasteiger partial charge in [0.1, 0.15) is 0 Å². The van der Waals surface area contributed by atoms with Crippen LogP contribution in [-0.4, -0.2) is 37.6 Å². The van der Waals surface area contributed by atoms with Crippen molar-refractivity contribution in [3.63, 3.8) is 0 Å². The van der Waals surface area contributed by atoms with Gasteiger partial charge in [0.05, 0.1) is 31.0 Å². The highest BCUT2D eigenvalue weighted by Crippen LogP contribution is 2.37. The number of benzene rings is 3. The summed E-state index contributed by atoms with van der Waals surface area (Å²) in [6.45, 7) is 3.55. The fourth-order valence-electron chi connectivity index (χ4n) is 4.10. The molecule has 1 aliphatic rings. The molecule has 190 valence electrons. The molecule has 3 aromatic carbocycles. The molecule has 0 fully saturated rings. The maximum atomic E-state index is 13.8. The van der Waals surface area contributed by atoms with E-state index in [2.05, 4.69) is 10.6 Å². The van der Waals surface area contributed by atoms with Crippen molar-refractivity contribution in [3.05, 3.63) is 101 Å². The molecule has 1 heterocycles. The van der Waals surface area contributed by atoms with Crippen LogP contribution in [0.2, 0.25) is 0 Å². The van der Waals surface area contributed by atoms with Gasteiger partial charge in [0.25, 0.3) is 0 Å². The minimum atomic E-state index is -0.849. The molecule has 0 saturated carbocycles. The zero-order valence-electron chi connectivity index (χ0n) is 20.8. The van der Waals surface area contributed by atoms with Crippen LogP contribution in [0.15, 0.2) is 84.4 Å². The normalized spacial score (nSPS) is 15.8. The van der Waals surface area contributed by atoms with E-state index in [1.54, 1.807) is 56.3 Å². The summed E-state index contributed by atoms with van der Waals surface area (Å²) in [5, 5.41) is 5.71. The highest BCUT2D eigenvalue weighted by atomic mass is 16.6. The van der Waals surface area contributed by atoms with Crippen LogP contribution in [0.4, 0.5) is 4.79 Å². The van der Waals surface area contributed by atoms with E-state index >= 15 is 0 Å². The van der Waals surface area contributed by atoms with Crippen LogP contribution in [0.5, 0.6) is 11.5 Å². The quantitative estimate of drug-likeness (QED) is 0.327. The second kappa shape index (κ2) is 11.4. The van der Waals surface area contributed by atoms with Gasteiger partial charge in [-0.15, -0.1) is 0 Å². The van der Waals surface area contributed by atoms with Crippen molar-refractivity contribution in [2.24, 2.45) is 0 Å². The minimum absolute atomic E-state index is 0.229. The van der Waals surface area contributed by atoms with E-state index in [0.717, 1.165) is 0 Å². The van der Waals surface area contributed by atoms with E-state index in [4.69, 9.17) is 14.2 Å². The summed E-state index contributed by atoms with van der Waals surface area (Å²) in [6.07, 6.45) is -0.849. The second-order valence-corrected chi connectivity index (χ2v) is 8.30. The molecule has 0 saturated heterocycles. The molecule has 2 amide bonds. The second-order valence-electron chi connectivity index (χ2n) is 8.30. The maximum absolute atomic E-state index is 13.8. The molecule has 8 heteroatoms. The summed E-state index contributed by atoms with van der Waals surface area (Å²) in [4.78, 5) is 38.6. The van der Waals surface area contributed by atoms with Crippen molar-refractivity contribution in [1.29, 1.82) is 0 Å². The third-order valence-electron chi connectivity index (χ3n) is 5.86. The van der Waals surface area contributed by atoms with E-state index in [0.29, 0.717) is 39.5 Å². The van der Waals surface area contributed by atoms with Crippen LogP contribution < -0.4 is 20.1 Å². The average Bonchev–Trinajstić information content (AvgIpc) is 2.93. The minimum Gasteiger partial charge on any atom is -0.493 e. The summed E-state index contributed by atoms with van der Waals surface area (Å²) in [7, 11) is 1.48. The maximum Gasteiger partial charge on any atom is 0.347 e. The Morgan fingerprint density at radius 3 is 2.27 bits per heavy atom. The highest BCUT2D eigenvalue weighted by molar-refractivity contribution is 6.16. The first-order valence-corrected chi connectivity index (χ1v) is 11.9. The highest BCUT2D eigenvalue weighted by Gasteiger charge is 2.34. The third-order valence-corrected chi connectivity index (χ3v) is 5.86. The molecule has 4 rings (SSSR count). The van der Waals surface area contributed by atoms with Gasteiger partial charge in [-0.3, -0.25) is 4.79 Å². The molecular formula is C29H28N2O6. The van der Waals surface area contributed by atoms with Crippen LogP contribution in [0.1, 0.15) is 41.4 Å². The zero-order chi connectivity index (χ0) is 26.4. The molecule has 1 aliphatic heterocycles. The standard InChI is InChI=1S/C29H28N2O6/c1-4-36-28(33)18(2)37-22-16-15-21(17-23(22)35-3)26-24(27(32)20-13-9-6-10-14-20)25(30-29(34)31-26)19-11-7-5-8-12-19/h5-18,26H,4H2,1-3H3,(H2,30,31,34)/t18-,26+/m1/s1. The fraction of sp³-hybridized carbons (Fsp3) is 0.207. The largest absolute Gasteiger partial charge is 0.493 e. The van der Waals surface area contributed by atoms with Gasteiger partial charge in [-0.1, -0.05) is 66.7 Å². The molecular weight excluding hydrogens is 472 g/mol. The summed E-state index contributed by atoms with van der Waals surface area (Å²) < 4.78 is 16.3. The van der Waals surface area contributed by atoms with Crippen LogP contribution in [0, 0.1) is 0 Å². The molecule has 0 aromatic heterocycles. The molecule has 2 N–H and O–H groups in total. The third kappa shape index (κ3) is 5.64. The first-order valence-electron chi connectivity index (χ1n) is 11.9. The molecule has 8 nitrogen and oxygen atoms in total. The molecule has 2 atom stereocenters. The van der Waals surface area contributed by atoms with Crippen LogP contribution in [-0.2, 0) is 9.53 Å². The van der Waals surface area contributed by atoms with Crippen molar-refractivity contribution in [2.75, 3.05) is 13.7 Å². The van der Waals surface area contributed by atoms with Crippen molar-refractivity contribution in [1.82, 2.24) is 10.6 Å². The lowest BCUT2D eigenvalue weighted by atomic mass is 9.87. The van der Waals surface area contributed by atoms with Crippen molar-refractivity contribution in [2.45, 2.75) is 26.0 Å². The smallest absolute Gasteiger partial charge is 0.347 e. The number of carbonyl (C=O) groups excluding carboxylic acids is 3. The Hall–Kier alpha value is -4.59. The first kappa shape index (κ1) is 25.5. The van der Waals surface area contributed by atoms with E-state index < -0.39 is 24.1 Å². The molecule has 37 heavy (non-hydrogen) atoms. The molecule has 3 aromatic rings. The molecule has 0 spiro atoms. The van der Waals surface area contributed by atoms with Crippen LogP contribution in [0.3, 0.4) is 0 Å². The number of esters is 1. The van der Waals surface area contributed by atoms with Crippen molar-refractivity contribution < 1.29 is 28.6 Å². The number of amides is 2. The number of hydrogen-bond acceptors (Lipinski definition) is 6. The number of ether oxygens (including phenoxy) is 3. The van der Waals surface area contributed by atoms with Gasteiger partial charge in [0, 0.05) is 5.56 Å². The number of methoxy groups -OCH3 is 1. The lowest BCUT2D eigenvalue weighted by Gasteiger charge is -2.30. The van der Waals surface area contributed by atoms with Crippen molar-refractivity contribution in [3.8, 4) is 11.5 Å². The molecule has 0 radical (unpaired) electrons. The van der Waals surface area contributed by atoms with Gasteiger partial charge < -0.3 is 24.8 Å². The van der Waals surface area contributed by atoms with E-state index in [9.17, 15) is 14.4 Å². The topological polar surface area (TPSA) is 103 Å². The fourth-order valence-corrected chi connectivity index (χ4v) is 4.10. The number of carbonyl (C=O) groups is 3. The summed E-state index contributed by atoms with van der Waals surface area (Å²) in [6, 6.07) is 22.0. The Labute approximate surface area is 215 Å².